The zero-order valence-electron chi connectivity index (χ0n) is 10.2. The van der Waals surface area contributed by atoms with E-state index in [0.717, 1.165) is 23.2 Å². The Morgan fingerprint density at radius 3 is 2.53 bits per heavy atom. The molecule has 8 heteroatoms. The average molecular weight is 275 g/mol. The second kappa shape index (κ2) is 4.37. The van der Waals surface area contributed by atoms with E-state index in [1.165, 1.54) is 11.9 Å². The highest BCUT2D eigenvalue weighted by molar-refractivity contribution is 5.94. The average Bonchev–Trinajstić information content (AvgIpc) is 2.53. The highest BCUT2D eigenvalue weighted by Crippen LogP contribution is 2.32. The predicted octanol–water partition coefficient (Wildman–Crippen LogP) is 1.68. The molecule has 2 atom stereocenters. The van der Waals surface area contributed by atoms with Crippen molar-refractivity contribution in [2.75, 3.05) is 11.9 Å². The molecule has 5 nitrogen and oxygen atoms in total. The van der Waals surface area contributed by atoms with Crippen molar-refractivity contribution in [3.8, 4) is 0 Å². The number of urea groups is 1. The van der Waals surface area contributed by atoms with Crippen molar-refractivity contribution in [2.45, 2.75) is 25.4 Å². The molecule has 19 heavy (non-hydrogen) atoms. The molecule has 0 saturated carbocycles. The summed E-state index contributed by atoms with van der Waals surface area (Å²) in [6.45, 7) is 1.59. The maximum Gasteiger partial charge on any atom is 0.416 e. The van der Waals surface area contributed by atoms with Crippen molar-refractivity contribution in [3.63, 3.8) is 0 Å². The number of hydrogen-bond donors (Lipinski definition) is 1. The molecule has 1 aliphatic rings. The maximum absolute atomic E-state index is 12.6. The number of anilines is 1. The number of rotatable bonds is 1. The molecule has 0 aromatic carbocycles. The molecule has 0 aliphatic carbocycles. The highest BCUT2D eigenvalue weighted by Gasteiger charge is 2.42. The molecule has 0 unspecified atom stereocenters. The third-order valence-corrected chi connectivity index (χ3v) is 3.13. The molecule has 1 aliphatic heterocycles. The number of likely N-dealkylation sites (N-methyl/N-ethyl adjacent to an activating group) is 1. The van der Waals surface area contributed by atoms with E-state index >= 15 is 0 Å². The molecule has 2 amide bonds. The Labute approximate surface area is 107 Å². The smallest absolute Gasteiger partial charge is 0.371 e. The summed E-state index contributed by atoms with van der Waals surface area (Å²) < 4.78 is 37.8. The molecule has 0 radical (unpaired) electrons. The van der Waals surface area contributed by atoms with Crippen LogP contribution in [0, 0.1) is 0 Å². The first-order valence-corrected chi connectivity index (χ1v) is 5.51. The van der Waals surface area contributed by atoms with Crippen LogP contribution < -0.4 is 4.90 Å². The third kappa shape index (κ3) is 2.23. The van der Waals surface area contributed by atoms with Gasteiger partial charge < -0.3 is 10.0 Å². The number of hydrogen-bond acceptors (Lipinski definition) is 3. The SMILES string of the molecule is C[C@@H]1[C@@H](O)N(c2cc(C(F)(F)F)ccn2)C(=O)N1C. The molecule has 0 spiro atoms. The number of aliphatic hydroxyl groups excluding tert-OH is 1. The van der Waals surface area contributed by atoms with E-state index in [4.69, 9.17) is 0 Å². The number of pyridine rings is 1. The number of carbonyl (C=O) groups excluding carboxylic acids is 1. The molecule has 1 fully saturated rings. The van der Waals surface area contributed by atoms with Crippen LogP contribution in [0.15, 0.2) is 18.3 Å². The van der Waals surface area contributed by atoms with Crippen molar-refractivity contribution < 1.29 is 23.1 Å². The van der Waals surface area contributed by atoms with E-state index < -0.39 is 30.0 Å². The molecular formula is C11H12F3N3O2. The van der Waals surface area contributed by atoms with Crippen molar-refractivity contribution in [1.29, 1.82) is 0 Å². The van der Waals surface area contributed by atoms with Gasteiger partial charge in [-0.05, 0) is 19.1 Å². The van der Waals surface area contributed by atoms with Gasteiger partial charge >= 0.3 is 12.2 Å². The van der Waals surface area contributed by atoms with Gasteiger partial charge in [-0.1, -0.05) is 0 Å². The second-order valence-electron chi connectivity index (χ2n) is 4.32. The van der Waals surface area contributed by atoms with E-state index in [9.17, 15) is 23.1 Å². The topological polar surface area (TPSA) is 56.7 Å². The number of aromatic nitrogens is 1. The lowest BCUT2D eigenvalue weighted by Gasteiger charge is -2.19. The van der Waals surface area contributed by atoms with Gasteiger partial charge in [0.1, 0.15) is 5.82 Å². The molecule has 1 aromatic heterocycles. The minimum absolute atomic E-state index is 0.219. The maximum atomic E-state index is 12.6. The summed E-state index contributed by atoms with van der Waals surface area (Å²) in [5.41, 5.74) is -0.917. The van der Waals surface area contributed by atoms with Crippen LogP contribution >= 0.6 is 0 Å². The van der Waals surface area contributed by atoms with Crippen LogP contribution in [0.25, 0.3) is 0 Å². The molecule has 0 bridgehead atoms. The van der Waals surface area contributed by atoms with E-state index in [0.29, 0.717) is 0 Å². The number of alkyl halides is 3. The quantitative estimate of drug-likeness (QED) is 0.848. The molecule has 2 rings (SSSR count). The lowest BCUT2D eigenvalue weighted by molar-refractivity contribution is -0.137. The van der Waals surface area contributed by atoms with E-state index in [2.05, 4.69) is 4.98 Å². The molecule has 104 valence electrons. The Bertz CT molecular complexity index is 506. The van der Waals surface area contributed by atoms with Gasteiger partial charge in [0.05, 0.1) is 11.6 Å². The van der Waals surface area contributed by atoms with Crippen molar-refractivity contribution in [3.05, 3.63) is 23.9 Å². The van der Waals surface area contributed by atoms with Gasteiger partial charge in [-0.2, -0.15) is 13.2 Å². The third-order valence-electron chi connectivity index (χ3n) is 3.13. The first-order valence-electron chi connectivity index (χ1n) is 5.51. The van der Waals surface area contributed by atoms with Gasteiger partial charge in [-0.15, -0.1) is 0 Å². The highest BCUT2D eigenvalue weighted by atomic mass is 19.4. The first kappa shape index (κ1) is 13.6. The van der Waals surface area contributed by atoms with E-state index in [1.54, 1.807) is 6.92 Å². The predicted molar refractivity (Wildman–Crippen MR) is 60.3 cm³/mol. The molecule has 1 aromatic rings. The summed E-state index contributed by atoms with van der Waals surface area (Å²) in [5, 5.41) is 9.89. The Morgan fingerprint density at radius 2 is 2.05 bits per heavy atom. The number of carbonyl (C=O) groups is 1. The minimum atomic E-state index is -4.52. The van der Waals surface area contributed by atoms with Crippen molar-refractivity contribution >= 4 is 11.8 Å². The molecule has 1 saturated heterocycles. The van der Waals surface area contributed by atoms with Crippen LogP contribution in [0.3, 0.4) is 0 Å². The normalized spacial score (nSPS) is 24.2. The number of halogens is 3. The zero-order chi connectivity index (χ0) is 14.4. The Hall–Kier alpha value is -1.83. The monoisotopic (exact) mass is 275 g/mol. The van der Waals surface area contributed by atoms with Crippen LogP contribution in [-0.4, -0.2) is 40.3 Å². The zero-order valence-corrected chi connectivity index (χ0v) is 10.2. The largest absolute Gasteiger partial charge is 0.416 e. The van der Waals surface area contributed by atoms with Crippen LogP contribution in [0.1, 0.15) is 12.5 Å². The number of amides is 2. The molecule has 2 heterocycles. The summed E-state index contributed by atoms with van der Waals surface area (Å²) in [7, 11) is 1.46. The summed E-state index contributed by atoms with van der Waals surface area (Å²) >= 11 is 0. The van der Waals surface area contributed by atoms with Gasteiger partial charge in [0, 0.05) is 13.2 Å². The Kier molecular flexibility index (Phi) is 3.13. The standard InChI is InChI=1S/C11H12F3N3O2/c1-6-9(18)17(10(19)16(6)2)8-5-7(3-4-15-8)11(12,13)14/h3-6,9,18H,1-2H3/t6-,9-/m1/s1. The number of aliphatic hydroxyl groups is 1. The molecular weight excluding hydrogens is 263 g/mol. The van der Waals surface area contributed by atoms with Crippen LogP contribution in [0.4, 0.5) is 23.8 Å². The van der Waals surface area contributed by atoms with E-state index in [1.807, 2.05) is 0 Å². The van der Waals surface area contributed by atoms with Gasteiger partial charge in [0.15, 0.2) is 6.23 Å². The van der Waals surface area contributed by atoms with Crippen molar-refractivity contribution in [2.24, 2.45) is 0 Å². The van der Waals surface area contributed by atoms with Crippen LogP contribution in [0.5, 0.6) is 0 Å². The van der Waals surface area contributed by atoms with Crippen LogP contribution in [-0.2, 0) is 6.18 Å². The van der Waals surface area contributed by atoms with Crippen molar-refractivity contribution in [1.82, 2.24) is 9.88 Å². The summed E-state index contributed by atoms with van der Waals surface area (Å²) in [4.78, 5) is 17.7. The van der Waals surface area contributed by atoms with Crippen LogP contribution in [0.2, 0.25) is 0 Å². The Morgan fingerprint density at radius 1 is 1.42 bits per heavy atom. The van der Waals surface area contributed by atoms with Gasteiger partial charge in [0.25, 0.3) is 0 Å². The second-order valence-corrected chi connectivity index (χ2v) is 4.32. The van der Waals surface area contributed by atoms with E-state index in [-0.39, 0.29) is 5.82 Å². The minimum Gasteiger partial charge on any atom is -0.371 e. The first-order chi connectivity index (χ1) is 8.73. The Balaban J connectivity index is 2.40. The van der Waals surface area contributed by atoms with Gasteiger partial charge in [0.2, 0.25) is 0 Å². The summed E-state index contributed by atoms with van der Waals surface area (Å²) in [6, 6.07) is 0.437. The number of nitrogens with zero attached hydrogens (tertiary/aromatic N) is 3. The van der Waals surface area contributed by atoms with Gasteiger partial charge in [-0.25, -0.2) is 14.7 Å². The summed E-state index contributed by atoms with van der Waals surface area (Å²) in [5.74, 6) is -0.219. The fraction of sp³-hybridized carbons (Fsp3) is 0.455. The van der Waals surface area contributed by atoms with Gasteiger partial charge in [-0.3, -0.25) is 0 Å². The lowest BCUT2D eigenvalue weighted by atomic mass is 10.2. The summed E-state index contributed by atoms with van der Waals surface area (Å²) in [6.07, 6.45) is -4.79. The fourth-order valence-corrected chi connectivity index (χ4v) is 1.83. The fourth-order valence-electron chi connectivity index (χ4n) is 1.83. The lowest BCUT2D eigenvalue weighted by Crippen LogP contribution is -2.36. The molecule has 1 N–H and O–H groups in total.